The number of nitrogens with one attached hydrogen (secondary N) is 1. The van der Waals surface area contributed by atoms with Gasteiger partial charge in [-0.2, -0.15) is 4.57 Å². The third-order valence-electron chi connectivity index (χ3n) is 4.89. The fourth-order valence-corrected chi connectivity index (χ4v) is 3.60. The topological polar surface area (TPSA) is 86.9 Å². The number of anilines is 1. The maximum absolute atomic E-state index is 13.6. The van der Waals surface area contributed by atoms with E-state index in [1.165, 1.54) is 0 Å². The Labute approximate surface area is 191 Å². The predicted octanol–water partition coefficient (Wildman–Crippen LogP) is 2.37. The van der Waals surface area contributed by atoms with Crippen molar-refractivity contribution >= 4 is 34.3 Å². The number of pyridine rings is 1. The van der Waals surface area contributed by atoms with Crippen LogP contribution in [0.2, 0.25) is 0 Å². The SMILES string of the molecule is COc1ccc(NC(=S)/C(=C(\[O-])c2ccc3c(c2)OCCO3)[n+]2cccc(CO)c2)cc1. The molecule has 1 aromatic heterocycles. The summed E-state index contributed by atoms with van der Waals surface area (Å²) in [5.41, 5.74) is 2.00. The molecule has 1 aliphatic rings. The van der Waals surface area contributed by atoms with E-state index in [1.54, 1.807) is 66.5 Å². The van der Waals surface area contributed by atoms with E-state index in [2.05, 4.69) is 5.32 Å². The third-order valence-corrected chi connectivity index (χ3v) is 5.18. The van der Waals surface area contributed by atoms with Gasteiger partial charge in [0.25, 0.3) is 0 Å². The molecular weight excluding hydrogens is 428 g/mol. The second-order valence-electron chi connectivity index (χ2n) is 7.00. The molecule has 2 N–H and O–H groups in total. The minimum atomic E-state index is -0.298. The molecule has 0 radical (unpaired) electrons. The molecule has 0 amide bonds. The van der Waals surface area contributed by atoms with Crippen LogP contribution in [0.3, 0.4) is 0 Å². The molecule has 0 unspecified atom stereocenters. The van der Waals surface area contributed by atoms with E-state index in [-0.39, 0.29) is 23.1 Å². The Morgan fingerprint density at radius 1 is 1.12 bits per heavy atom. The molecule has 4 rings (SSSR count). The average Bonchev–Trinajstić information content (AvgIpc) is 2.84. The molecule has 7 nitrogen and oxygen atoms in total. The van der Waals surface area contributed by atoms with Crippen LogP contribution in [-0.2, 0) is 6.61 Å². The molecule has 3 aromatic rings. The number of methoxy groups -OCH3 is 1. The van der Waals surface area contributed by atoms with E-state index in [0.717, 1.165) is 0 Å². The molecule has 8 heteroatoms. The lowest BCUT2D eigenvalue weighted by Crippen LogP contribution is -2.40. The number of aliphatic hydroxyl groups is 1. The van der Waals surface area contributed by atoms with E-state index >= 15 is 0 Å². The van der Waals surface area contributed by atoms with Gasteiger partial charge in [0.05, 0.1) is 13.7 Å². The van der Waals surface area contributed by atoms with Gasteiger partial charge in [0.2, 0.25) is 5.70 Å². The molecule has 0 saturated carbocycles. The van der Waals surface area contributed by atoms with Crippen LogP contribution in [0.15, 0.2) is 67.0 Å². The van der Waals surface area contributed by atoms with Gasteiger partial charge in [-0.1, -0.05) is 18.3 Å². The Morgan fingerprint density at radius 3 is 2.59 bits per heavy atom. The molecular formula is C24H22N2O5S. The molecule has 1 aliphatic heterocycles. The Morgan fingerprint density at radius 2 is 1.88 bits per heavy atom. The highest BCUT2D eigenvalue weighted by Crippen LogP contribution is 2.32. The lowest BCUT2D eigenvalue weighted by Gasteiger charge is -2.21. The molecule has 0 saturated heterocycles. The smallest absolute Gasteiger partial charge is 0.238 e. The van der Waals surface area contributed by atoms with Gasteiger partial charge in [-0.15, -0.1) is 0 Å². The first-order valence-electron chi connectivity index (χ1n) is 9.97. The highest BCUT2D eigenvalue weighted by atomic mass is 32.1. The molecule has 0 bridgehead atoms. The molecule has 2 heterocycles. The van der Waals surface area contributed by atoms with Crippen molar-refractivity contribution in [2.45, 2.75) is 6.61 Å². The predicted molar refractivity (Wildman–Crippen MR) is 122 cm³/mol. The summed E-state index contributed by atoms with van der Waals surface area (Å²) >= 11 is 5.64. The molecule has 2 aromatic carbocycles. The van der Waals surface area contributed by atoms with Crippen molar-refractivity contribution in [3.63, 3.8) is 0 Å². The van der Waals surface area contributed by atoms with Gasteiger partial charge in [0.15, 0.2) is 28.9 Å². The number of aliphatic hydroxyl groups excluding tert-OH is 1. The number of rotatable bonds is 6. The van der Waals surface area contributed by atoms with E-state index in [0.29, 0.717) is 47.3 Å². The zero-order valence-corrected chi connectivity index (χ0v) is 18.2. The number of thiocarbonyl (C=S) groups is 1. The standard InChI is InChI=1S/C24H22N2O5S/c1-29-19-7-5-18(6-8-19)25-24(32)22(26-10-2-3-16(14-26)15-27)23(28)17-4-9-20-21(13-17)31-12-11-30-20/h2-10,13-14,27H,11-12,15H2,1H3,(H-,25,28,32). The minimum absolute atomic E-state index is 0.162. The maximum Gasteiger partial charge on any atom is 0.238 e. The quantitative estimate of drug-likeness (QED) is 0.258. The second kappa shape index (κ2) is 9.67. The largest absolute Gasteiger partial charge is 0.867 e. The van der Waals surface area contributed by atoms with Crippen molar-refractivity contribution in [3.8, 4) is 17.2 Å². The van der Waals surface area contributed by atoms with Crippen molar-refractivity contribution in [2.75, 3.05) is 25.6 Å². The van der Waals surface area contributed by atoms with E-state index in [4.69, 9.17) is 26.4 Å². The summed E-state index contributed by atoms with van der Waals surface area (Å²) in [4.78, 5) is 0.232. The monoisotopic (exact) mass is 450 g/mol. The Kier molecular flexibility index (Phi) is 6.53. The summed E-state index contributed by atoms with van der Waals surface area (Å²) in [6, 6.07) is 15.8. The number of hydrogen-bond donors (Lipinski definition) is 2. The van der Waals surface area contributed by atoms with Crippen molar-refractivity contribution in [2.24, 2.45) is 0 Å². The van der Waals surface area contributed by atoms with Crippen LogP contribution in [-0.4, -0.2) is 30.4 Å². The summed E-state index contributed by atoms with van der Waals surface area (Å²) in [5, 5.41) is 26.3. The lowest BCUT2D eigenvalue weighted by molar-refractivity contribution is -0.578. The van der Waals surface area contributed by atoms with Crippen LogP contribution < -0.4 is 29.2 Å². The summed E-state index contributed by atoms with van der Waals surface area (Å²) in [7, 11) is 1.59. The van der Waals surface area contributed by atoms with Gasteiger partial charge >= 0.3 is 0 Å². The van der Waals surface area contributed by atoms with Crippen molar-refractivity contribution in [1.29, 1.82) is 0 Å². The fourth-order valence-electron chi connectivity index (χ4n) is 3.28. The van der Waals surface area contributed by atoms with Crippen LogP contribution in [0.5, 0.6) is 17.2 Å². The van der Waals surface area contributed by atoms with Crippen LogP contribution in [0.4, 0.5) is 5.69 Å². The zero-order valence-electron chi connectivity index (χ0n) is 17.4. The average molecular weight is 451 g/mol. The van der Waals surface area contributed by atoms with Crippen molar-refractivity contribution < 1.29 is 29.0 Å². The molecule has 0 fully saturated rings. The van der Waals surface area contributed by atoms with Gasteiger partial charge in [-0.25, -0.2) is 0 Å². The number of ether oxygens (including phenoxy) is 3. The van der Waals surface area contributed by atoms with Crippen molar-refractivity contribution in [3.05, 3.63) is 78.1 Å². The Bertz CT molecular complexity index is 1160. The molecule has 0 atom stereocenters. The Balaban J connectivity index is 1.76. The Hall–Kier alpha value is -3.62. The first-order chi connectivity index (χ1) is 15.6. The number of benzene rings is 2. The van der Waals surface area contributed by atoms with Gasteiger partial charge in [-0.05, 0) is 53.8 Å². The highest BCUT2D eigenvalue weighted by molar-refractivity contribution is 7.81. The zero-order chi connectivity index (χ0) is 22.5. The molecule has 0 aliphatic carbocycles. The van der Waals surface area contributed by atoms with Gasteiger partial charge in [0, 0.05) is 17.3 Å². The van der Waals surface area contributed by atoms with E-state index in [9.17, 15) is 10.2 Å². The fraction of sp³-hybridized carbons (Fsp3) is 0.167. The maximum atomic E-state index is 13.6. The number of fused-ring (bicyclic) bond motifs is 1. The third kappa shape index (κ3) is 4.66. The number of hydrogen-bond acceptors (Lipinski definition) is 6. The highest BCUT2D eigenvalue weighted by Gasteiger charge is 2.21. The summed E-state index contributed by atoms with van der Waals surface area (Å²) in [6.07, 6.45) is 3.39. The number of nitrogens with zero attached hydrogens (tertiary/aromatic N) is 1. The minimum Gasteiger partial charge on any atom is -0.867 e. The normalized spacial score (nSPS) is 13.2. The summed E-state index contributed by atoms with van der Waals surface area (Å²) in [6.45, 7) is 0.730. The van der Waals surface area contributed by atoms with Gasteiger partial charge in [-0.3, -0.25) is 0 Å². The summed E-state index contributed by atoms with van der Waals surface area (Å²) in [5.74, 6) is 1.53. The van der Waals surface area contributed by atoms with Gasteiger partial charge in [0.1, 0.15) is 19.0 Å². The van der Waals surface area contributed by atoms with Crippen LogP contribution >= 0.6 is 12.2 Å². The van der Waals surface area contributed by atoms with Crippen LogP contribution in [0.25, 0.3) is 11.5 Å². The lowest BCUT2D eigenvalue weighted by atomic mass is 10.1. The van der Waals surface area contributed by atoms with Gasteiger partial charge < -0.3 is 29.7 Å². The second-order valence-corrected chi connectivity index (χ2v) is 7.40. The molecule has 164 valence electrons. The molecule has 0 spiro atoms. The van der Waals surface area contributed by atoms with Crippen LogP contribution in [0, 0.1) is 0 Å². The van der Waals surface area contributed by atoms with E-state index in [1.807, 2.05) is 12.1 Å². The summed E-state index contributed by atoms with van der Waals surface area (Å²) < 4.78 is 18.0. The van der Waals surface area contributed by atoms with E-state index < -0.39 is 0 Å². The first kappa shape index (κ1) is 21.6. The van der Waals surface area contributed by atoms with Crippen molar-refractivity contribution in [1.82, 2.24) is 0 Å². The molecule has 32 heavy (non-hydrogen) atoms. The first-order valence-corrected chi connectivity index (χ1v) is 10.4. The van der Waals surface area contributed by atoms with Crippen LogP contribution in [0.1, 0.15) is 11.1 Å². The number of aromatic nitrogens is 1.